The largest absolute Gasteiger partial charge is 0.480 e. The van der Waals surface area contributed by atoms with Gasteiger partial charge in [-0.1, -0.05) is 6.92 Å². The monoisotopic (exact) mass is 299 g/mol. The first-order valence-electron chi connectivity index (χ1n) is 7.65. The van der Waals surface area contributed by atoms with Gasteiger partial charge in [-0.2, -0.15) is 0 Å². The summed E-state index contributed by atoms with van der Waals surface area (Å²) in [6, 6.07) is -0.394. The molecule has 2 aliphatic heterocycles. The molecule has 120 valence electrons. The van der Waals surface area contributed by atoms with Gasteiger partial charge >= 0.3 is 12.0 Å². The van der Waals surface area contributed by atoms with Gasteiger partial charge < -0.3 is 25.4 Å². The maximum Gasteiger partial charge on any atom is 0.329 e. The number of aliphatic carboxylic acids is 1. The summed E-state index contributed by atoms with van der Waals surface area (Å²) in [7, 11) is 0. The lowest BCUT2D eigenvalue weighted by Crippen LogP contribution is -2.60. The second-order valence-corrected chi connectivity index (χ2v) is 5.88. The Labute approximate surface area is 125 Å². The summed E-state index contributed by atoms with van der Waals surface area (Å²) in [6.07, 6.45) is 1.69. The van der Waals surface area contributed by atoms with Crippen LogP contribution in [0, 0.1) is 5.92 Å². The number of nitrogens with one attached hydrogen (secondary N) is 2. The molecular weight excluding hydrogens is 274 g/mol. The molecule has 0 aromatic heterocycles. The molecule has 7 heteroatoms. The number of hydrogen-bond acceptors (Lipinski definition) is 4. The Morgan fingerprint density at radius 2 is 2.10 bits per heavy atom. The maximum absolute atomic E-state index is 12.0. The third kappa shape index (κ3) is 4.07. The van der Waals surface area contributed by atoms with E-state index < -0.39 is 17.5 Å². The van der Waals surface area contributed by atoms with E-state index in [2.05, 4.69) is 22.5 Å². The van der Waals surface area contributed by atoms with Gasteiger partial charge in [0.25, 0.3) is 0 Å². The number of hydrogen-bond donors (Lipinski definition) is 3. The maximum atomic E-state index is 12.0. The summed E-state index contributed by atoms with van der Waals surface area (Å²) in [4.78, 5) is 25.8. The molecule has 2 rings (SSSR count). The van der Waals surface area contributed by atoms with Gasteiger partial charge in [-0.3, -0.25) is 0 Å². The minimum absolute atomic E-state index is 0.308. The quantitative estimate of drug-likeness (QED) is 0.677. The molecule has 2 amide bonds. The van der Waals surface area contributed by atoms with E-state index in [-0.39, 0.29) is 0 Å². The van der Waals surface area contributed by atoms with E-state index in [0.29, 0.717) is 38.5 Å². The van der Waals surface area contributed by atoms with Crippen molar-refractivity contribution in [3.05, 3.63) is 0 Å². The van der Waals surface area contributed by atoms with Crippen LogP contribution in [-0.4, -0.2) is 66.9 Å². The molecule has 0 aromatic rings. The molecular formula is C14H25N3O4. The predicted molar refractivity (Wildman–Crippen MR) is 77.2 cm³/mol. The van der Waals surface area contributed by atoms with Gasteiger partial charge in [0.15, 0.2) is 0 Å². The average molecular weight is 299 g/mol. The van der Waals surface area contributed by atoms with Crippen molar-refractivity contribution in [3.8, 4) is 0 Å². The number of ether oxygens (including phenoxy) is 1. The number of rotatable bonds is 5. The summed E-state index contributed by atoms with van der Waals surface area (Å²) in [6.45, 7) is 6.54. The second kappa shape index (κ2) is 7.09. The van der Waals surface area contributed by atoms with E-state index in [9.17, 15) is 14.7 Å². The fourth-order valence-electron chi connectivity index (χ4n) is 2.98. The number of nitrogens with zero attached hydrogens (tertiary/aromatic N) is 1. The van der Waals surface area contributed by atoms with E-state index in [0.717, 1.165) is 26.1 Å². The van der Waals surface area contributed by atoms with Crippen molar-refractivity contribution >= 4 is 12.0 Å². The zero-order valence-electron chi connectivity index (χ0n) is 12.6. The summed E-state index contributed by atoms with van der Waals surface area (Å²) < 4.78 is 5.18. The number of carbonyl (C=O) groups excluding carboxylic acids is 1. The van der Waals surface area contributed by atoms with Crippen LogP contribution in [0.15, 0.2) is 0 Å². The van der Waals surface area contributed by atoms with Gasteiger partial charge in [-0.05, 0) is 25.4 Å². The Morgan fingerprint density at radius 1 is 1.38 bits per heavy atom. The molecule has 2 aliphatic rings. The van der Waals surface area contributed by atoms with Gasteiger partial charge in [0.05, 0.1) is 0 Å². The van der Waals surface area contributed by atoms with Crippen LogP contribution in [0.5, 0.6) is 0 Å². The fraction of sp³-hybridized carbons (Fsp3) is 0.857. The smallest absolute Gasteiger partial charge is 0.329 e. The molecule has 21 heavy (non-hydrogen) atoms. The van der Waals surface area contributed by atoms with Crippen LogP contribution in [0.3, 0.4) is 0 Å². The molecule has 2 fully saturated rings. The lowest BCUT2D eigenvalue weighted by atomic mass is 9.90. The van der Waals surface area contributed by atoms with Gasteiger partial charge in [0.1, 0.15) is 5.54 Å². The van der Waals surface area contributed by atoms with Crippen LogP contribution in [0.1, 0.15) is 26.2 Å². The Balaban J connectivity index is 1.79. The Bertz CT molecular complexity index is 382. The van der Waals surface area contributed by atoms with Gasteiger partial charge in [0, 0.05) is 39.1 Å². The van der Waals surface area contributed by atoms with E-state index in [1.165, 1.54) is 0 Å². The molecule has 2 saturated heterocycles. The molecule has 0 radical (unpaired) electrons. The van der Waals surface area contributed by atoms with Crippen molar-refractivity contribution in [1.82, 2.24) is 15.5 Å². The molecule has 0 aliphatic carbocycles. The summed E-state index contributed by atoms with van der Waals surface area (Å²) in [5, 5.41) is 14.8. The van der Waals surface area contributed by atoms with Crippen molar-refractivity contribution in [2.75, 3.05) is 39.4 Å². The second-order valence-electron chi connectivity index (χ2n) is 5.88. The zero-order chi connectivity index (χ0) is 15.3. The number of urea groups is 1. The first kappa shape index (κ1) is 16.0. The van der Waals surface area contributed by atoms with Crippen LogP contribution >= 0.6 is 0 Å². The minimum Gasteiger partial charge on any atom is -0.480 e. The zero-order valence-corrected chi connectivity index (χ0v) is 12.6. The number of likely N-dealkylation sites (tertiary alicyclic amines) is 1. The topological polar surface area (TPSA) is 90.9 Å². The Morgan fingerprint density at radius 3 is 2.67 bits per heavy atom. The number of carboxylic acids is 1. The van der Waals surface area contributed by atoms with E-state index in [1.54, 1.807) is 0 Å². The lowest BCUT2D eigenvalue weighted by Gasteiger charge is -2.33. The molecule has 0 saturated carbocycles. The van der Waals surface area contributed by atoms with Crippen molar-refractivity contribution in [3.63, 3.8) is 0 Å². The first-order chi connectivity index (χ1) is 10.1. The lowest BCUT2D eigenvalue weighted by molar-refractivity contribution is -0.148. The summed E-state index contributed by atoms with van der Waals surface area (Å²) >= 11 is 0. The minimum atomic E-state index is -1.19. The van der Waals surface area contributed by atoms with Crippen molar-refractivity contribution < 1.29 is 19.4 Å². The highest BCUT2D eigenvalue weighted by Gasteiger charge is 2.41. The third-order valence-corrected chi connectivity index (χ3v) is 4.48. The normalized spacial score (nSPS) is 25.5. The van der Waals surface area contributed by atoms with Crippen LogP contribution in [-0.2, 0) is 9.53 Å². The molecule has 0 bridgehead atoms. The SMILES string of the molecule is CCN1CCC(CNC(=O)NC2(C(=O)O)CCOCC2)C1. The van der Waals surface area contributed by atoms with Gasteiger partial charge in [0.2, 0.25) is 0 Å². The van der Waals surface area contributed by atoms with Crippen LogP contribution < -0.4 is 10.6 Å². The molecule has 1 unspecified atom stereocenters. The van der Waals surface area contributed by atoms with Gasteiger partial charge in [-0.25, -0.2) is 9.59 Å². The highest BCUT2D eigenvalue weighted by Crippen LogP contribution is 2.21. The van der Waals surface area contributed by atoms with Crippen LogP contribution in [0.25, 0.3) is 0 Å². The Hall–Kier alpha value is -1.34. The number of carboxylic acid groups (broad SMARTS) is 1. The van der Waals surface area contributed by atoms with Crippen molar-refractivity contribution in [1.29, 1.82) is 0 Å². The summed E-state index contributed by atoms with van der Waals surface area (Å²) in [5.41, 5.74) is -1.19. The fourth-order valence-corrected chi connectivity index (χ4v) is 2.98. The Kier molecular flexibility index (Phi) is 5.41. The van der Waals surface area contributed by atoms with E-state index in [1.807, 2.05) is 0 Å². The van der Waals surface area contributed by atoms with Crippen molar-refractivity contribution in [2.45, 2.75) is 31.7 Å². The molecule has 2 heterocycles. The standard InChI is InChI=1S/C14H25N3O4/c1-2-17-6-3-11(10-17)9-15-13(20)16-14(12(18)19)4-7-21-8-5-14/h11H,2-10H2,1H3,(H,18,19)(H2,15,16,20). The van der Waals surface area contributed by atoms with Gasteiger partial charge in [-0.15, -0.1) is 0 Å². The third-order valence-electron chi connectivity index (χ3n) is 4.48. The number of carbonyl (C=O) groups is 2. The van der Waals surface area contributed by atoms with Crippen molar-refractivity contribution in [2.24, 2.45) is 5.92 Å². The highest BCUT2D eigenvalue weighted by atomic mass is 16.5. The average Bonchev–Trinajstić information content (AvgIpc) is 2.94. The molecule has 3 N–H and O–H groups in total. The molecule has 7 nitrogen and oxygen atoms in total. The molecule has 0 aromatic carbocycles. The highest BCUT2D eigenvalue weighted by molar-refractivity contribution is 5.86. The summed E-state index contributed by atoms with van der Waals surface area (Å²) in [5.74, 6) is -0.537. The predicted octanol–water partition coefficient (Wildman–Crippen LogP) is 0.261. The van der Waals surface area contributed by atoms with Crippen LogP contribution in [0.2, 0.25) is 0 Å². The molecule has 0 spiro atoms. The molecule has 1 atom stereocenters. The van der Waals surface area contributed by atoms with Crippen LogP contribution in [0.4, 0.5) is 4.79 Å². The van der Waals surface area contributed by atoms with E-state index in [4.69, 9.17) is 4.74 Å². The first-order valence-corrected chi connectivity index (χ1v) is 7.65. The van der Waals surface area contributed by atoms with E-state index >= 15 is 0 Å². The number of amides is 2.